The molecular formula is C25H34BNO7. The number of carboxylic acid groups (broad SMARTS) is 1. The smallest absolute Gasteiger partial charge is 0.482 e. The van der Waals surface area contributed by atoms with Crippen molar-refractivity contribution in [3.63, 3.8) is 0 Å². The Balaban J connectivity index is 1.60. The van der Waals surface area contributed by atoms with Crippen LogP contribution < -0.4 is 10.1 Å². The Hall–Kier alpha value is -2.39. The highest BCUT2D eigenvalue weighted by Crippen LogP contribution is 2.65. The van der Waals surface area contributed by atoms with Crippen molar-refractivity contribution in [3.8, 4) is 5.75 Å². The van der Waals surface area contributed by atoms with Gasteiger partial charge in [-0.05, 0) is 62.0 Å². The molecule has 3 saturated carbocycles. The monoisotopic (exact) mass is 471 g/mol. The Morgan fingerprint density at radius 3 is 2.59 bits per heavy atom. The van der Waals surface area contributed by atoms with Gasteiger partial charge in [0.1, 0.15) is 17.1 Å². The van der Waals surface area contributed by atoms with E-state index in [2.05, 4.69) is 26.1 Å². The van der Waals surface area contributed by atoms with E-state index in [0.29, 0.717) is 17.4 Å². The molecule has 184 valence electrons. The number of aromatic carboxylic acids is 1. The lowest BCUT2D eigenvalue weighted by Crippen LogP contribution is -2.65. The number of carbonyl (C=O) groups is 3. The van der Waals surface area contributed by atoms with Gasteiger partial charge in [-0.25, -0.2) is 4.79 Å². The molecule has 0 spiro atoms. The molecule has 1 amide bonds. The molecule has 1 heterocycles. The second-order valence-electron chi connectivity index (χ2n) is 10.7. The molecule has 1 aromatic carbocycles. The quantitative estimate of drug-likeness (QED) is 0.533. The van der Waals surface area contributed by atoms with Crippen LogP contribution in [-0.2, 0) is 25.3 Å². The summed E-state index contributed by atoms with van der Waals surface area (Å²) >= 11 is 0. The molecule has 5 atom stereocenters. The van der Waals surface area contributed by atoms with Crippen molar-refractivity contribution in [1.82, 2.24) is 5.32 Å². The molecule has 2 N–H and O–H groups in total. The highest BCUT2D eigenvalue weighted by Gasteiger charge is 2.68. The van der Waals surface area contributed by atoms with Gasteiger partial charge in [-0.3, -0.25) is 4.79 Å². The Kier molecular flexibility index (Phi) is 6.55. The fraction of sp³-hybridized carbons (Fsp3) is 0.640. The van der Waals surface area contributed by atoms with Crippen LogP contribution >= 0.6 is 0 Å². The lowest BCUT2D eigenvalue weighted by Gasteiger charge is -2.64. The summed E-state index contributed by atoms with van der Waals surface area (Å²) in [5.41, 5.74) is 0.426. The van der Waals surface area contributed by atoms with Gasteiger partial charge in [-0.2, -0.15) is 0 Å². The van der Waals surface area contributed by atoms with Crippen LogP contribution in [0.3, 0.4) is 0 Å². The Morgan fingerprint density at radius 1 is 1.24 bits per heavy atom. The molecule has 4 fully saturated rings. The average molecular weight is 471 g/mol. The molecule has 34 heavy (non-hydrogen) atoms. The van der Waals surface area contributed by atoms with Crippen LogP contribution in [0, 0.1) is 17.3 Å². The second kappa shape index (κ2) is 9.00. The van der Waals surface area contributed by atoms with Crippen molar-refractivity contribution in [2.24, 2.45) is 17.3 Å². The first kappa shape index (κ1) is 24.7. The maximum absolute atomic E-state index is 12.7. The van der Waals surface area contributed by atoms with Crippen LogP contribution in [-0.4, -0.2) is 54.6 Å². The SMILES string of the molecule is COc1c(CC(NC(=O)CCC(C)=O)B2OC3CC4CC(C4(C)C)C3(C)O2)cccc1C(=O)O. The number of rotatable bonds is 9. The molecule has 0 aromatic heterocycles. The third-order valence-electron chi connectivity index (χ3n) is 8.32. The lowest BCUT2D eigenvalue weighted by molar-refractivity contribution is -0.199. The Labute approximate surface area is 200 Å². The van der Waals surface area contributed by atoms with E-state index in [4.69, 9.17) is 14.0 Å². The van der Waals surface area contributed by atoms with Crippen molar-refractivity contribution in [1.29, 1.82) is 0 Å². The Bertz CT molecular complexity index is 995. The van der Waals surface area contributed by atoms with E-state index in [1.807, 2.05) is 0 Å². The fourth-order valence-corrected chi connectivity index (χ4v) is 6.25. The summed E-state index contributed by atoms with van der Waals surface area (Å²) in [6.07, 6.45) is 2.46. The van der Waals surface area contributed by atoms with E-state index in [1.54, 1.807) is 12.1 Å². The van der Waals surface area contributed by atoms with E-state index in [0.717, 1.165) is 12.8 Å². The maximum atomic E-state index is 12.7. The van der Waals surface area contributed by atoms with E-state index in [1.165, 1.54) is 20.1 Å². The number of hydrogen-bond donors (Lipinski definition) is 2. The van der Waals surface area contributed by atoms with Gasteiger partial charge >= 0.3 is 13.1 Å². The molecule has 5 rings (SSSR count). The van der Waals surface area contributed by atoms with Gasteiger partial charge in [-0.1, -0.05) is 26.0 Å². The number of Topliss-reactive ketones (excluding diaryl/α,β-unsaturated/α-hetero) is 1. The summed E-state index contributed by atoms with van der Waals surface area (Å²) in [5, 5.41) is 12.6. The van der Waals surface area contributed by atoms with Gasteiger partial charge < -0.3 is 29.3 Å². The van der Waals surface area contributed by atoms with Crippen LogP contribution in [0.5, 0.6) is 5.75 Å². The molecule has 0 radical (unpaired) electrons. The standard InChI is InChI=1S/C25H34BNO7/c1-14(28)9-10-21(29)27-20(11-15-7-6-8-17(23(30)31)22(15)32-5)26-33-19-13-16-12-18(24(16,2)3)25(19,4)34-26/h6-8,16,18-20H,9-13H2,1-5H3,(H,27,29)(H,30,31). The number of carboxylic acids is 1. The minimum atomic E-state index is -1.09. The predicted molar refractivity (Wildman–Crippen MR) is 126 cm³/mol. The number of para-hydroxylation sites is 1. The van der Waals surface area contributed by atoms with Gasteiger partial charge in [0, 0.05) is 12.8 Å². The van der Waals surface area contributed by atoms with E-state index in [9.17, 15) is 19.5 Å². The molecule has 1 aromatic rings. The Morgan fingerprint density at radius 2 is 1.97 bits per heavy atom. The summed E-state index contributed by atoms with van der Waals surface area (Å²) in [4.78, 5) is 35.8. The minimum Gasteiger partial charge on any atom is -0.496 e. The summed E-state index contributed by atoms with van der Waals surface area (Å²) in [5.74, 6) is -0.777. The van der Waals surface area contributed by atoms with E-state index in [-0.39, 0.29) is 53.8 Å². The molecule has 1 aliphatic heterocycles. The zero-order valence-electron chi connectivity index (χ0n) is 20.6. The van der Waals surface area contributed by atoms with Crippen LogP contribution in [0.4, 0.5) is 0 Å². The first-order valence-corrected chi connectivity index (χ1v) is 12.0. The van der Waals surface area contributed by atoms with Crippen molar-refractivity contribution < 1.29 is 33.5 Å². The second-order valence-corrected chi connectivity index (χ2v) is 10.7. The number of methoxy groups -OCH3 is 1. The van der Waals surface area contributed by atoms with Gasteiger partial charge in [-0.15, -0.1) is 0 Å². The zero-order chi connectivity index (χ0) is 24.8. The largest absolute Gasteiger partial charge is 0.496 e. The lowest BCUT2D eigenvalue weighted by atomic mass is 9.43. The summed E-state index contributed by atoms with van der Waals surface area (Å²) < 4.78 is 18.4. The number of amides is 1. The third-order valence-corrected chi connectivity index (χ3v) is 8.32. The molecule has 9 heteroatoms. The van der Waals surface area contributed by atoms with E-state index < -0.39 is 24.6 Å². The molecule has 2 bridgehead atoms. The highest BCUT2D eigenvalue weighted by atomic mass is 16.7. The van der Waals surface area contributed by atoms with Gasteiger partial charge in [0.05, 0.1) is 24.8 Å². The molecule has 1 saturated heterocycles. The number of hydrogen-bond acceptors (Lipinski definition) is 6. The maximum Gasteiger partial charge on any atom is 0.482 e. The third kappa shape index (κ3) is 4.24. The molecular weight excluding hydrogens is 437 g/mol. The first-order valence-electron chi connectivity index (χ1n) is 12.0. The van der Waals surface area contributed by atoms with Crippen LogP contribution in [0.15, 0.2) is 18.2 Å². The van der Waals surface area contributed by atoms with Crippen LogP contribution in [0.25, 0.3) is 0 Å². The highest BCUT2D eigenvalue weighted by molar-refractivity contribution is 6.48. The molecule has 3 aliphatic carbocycles. The van der Waals surface area contributed by atoms with Crippen molar-refractivity contribution in [2.45, 2.75) is 77.4 Å². The number of ketones is 1. The predicted octanol–water partition coefficient (Wildman–Crippen LogP) is 3.06. The molecule has 4 aliphatic rings. The minimum absolute atomic E-state index is 0.0538. The zero-order valence-corrected chi connectivity index (χ0v) is 20.6. The molecule has 5 unspecified atom stereocenters. The number of benzene rings is 1. The average Bonchev–Trinajstić information content (AvgIpc) is 3.14. The normalized spacial score (nSPS) is 29.6. The number of nitrogens with one attached hydrogen (secondary N) is 1. The van der Waals surface area contributed by atoms with Crippen LogP contribution in [0.1, 0.15) is 69.3 Å². The molecule has 8 nitrogen and oxygen atoms in total. The van der Waals surface area contributed by atoms with Crippen molar-refractivity contribution >= 4 is 24.8 Å². The van der Waals surface area contributed by atoms with Crippen LogP contribution in [0.2, 0.25) is 0 Å². The van der Waals surface area contributed by atoms with Gasteiger partial charge in [0.25, 0.3) is 0 Å². The van der Waals surface area contributed by atoms with Gasteiger partial charge in [0.2, 0.25) is 5.91 Å². The summed E-state index contributed by atoms with van der Waals surface area (Å²) in [7, 11) is 0.740. The van der Waals surface area contributed by atoms with Crippen molar-refractivity contribution in [2.75, 3.05) is 7.11 Å². The fourth-order valence-electron chi connectivity index (χ4n) is 6.25. The van der Waals surface area contributed by atoms with Crippen molar-refractivity contribution in [3.05, 3.63) is 29.3 Å². The number of ether oxygens (including phenoxy) is 1. The first-order chi connectivity index (χ1) is 16.0. The van der Waals surface area contributed by atoms with E-state index >= 15 is 0 Å². The summed E-state index contributed by atoms with van der Waals surface area (Å²) in [6, 6.07) is 4.92. The number of carbonyl (C=O) groups excluding carboxylic acids is 2. The summed E-state index contributed by atoms with van der Waals surface area (Å²) in [6.45, 7) is 8.13. The van der Waals surface area contributed by atoms with Gasteiger partial charge in [0.15, 0.2) is 0 Å². The topological polar surface area (TPSA) is 111 Å².